The molecular formula is C19H20O9. The lowest BCUT2D eigenvalue weighted by Crippen LogP contribution is -2.12. The Hall–Kier alpha value is -3.30. The molecule has 3 unspecified atom stereocenters. The fourth-order valence-electron chi connectivity index (χ4n) is 2.79. The van der Waals surface area contributed by atoms with Crippen LogP contribution < -0.4 is 4.74 Å². The first-order valence-electron chi connectivity index (χ1n) is 8.13. The van der Waals surface area contributed by atoms with Crippen molar-refractivity contribution in [1.82, 2.24) is 0 Å². The molecule has 6 N–H and O–H groups in total. The topological polar surface area (TPSA) is 165 Å². The summed E-state index contributed by atoms with van der Waals surface area (Å²) < 4.78 is 5.04. The fraction of sp³-hybridized carbons (Fsp3) is 0.263. The van der Waals surface area contributed by atoms with E-state index >= 15 is 0 Å². The molecular weight excluding hydrogens is 372 g/mol. The van der Waals surface area contributed by atoms with Gasteiger partial charge in [0.15, 0.2) is 23.7 Å². The van der Waals surface area contributed by atoms with Gasteiger partial charge in [0.05, 0.1) is 7.11 Å². The van der Waals surface area contributed by atoms with Crippen LogP contribution in [-0.4, -0.2) is 49.7 Å². The SMILES string of the molecule is COc1cc(C(C)c2ccc(O)c(C(O)C(=O)O)c2)cc(C(O)C(=O)O)c1O. The molecule has 150 valence electrons. The van der Waals surface area contributed by atoms with Crippen molar-refractivity contribution < 1.29 is 45.0 Å². The number of rotatable bonds is 7. The molecule has 28 heavy (non-hydrogen) atoms. The maximum Gasteiger partial charge on any atom is 0.337 e. The van der Waals surface area contributed by atoms with Crippen LogP contribution in [0, 0.1) is 0 Å². The number of aromatic hydroxyl groups is 2. The van der Waals surface area contributed by atoms with Gasteiger partial charge in [0.1, 0.15) is 5.75 Å². The van der Waals surface area contributed by atoms with Crippen molar-refractivity contribution in [3.8, 4) is 17.2 Å². The van der Waals surface area contributed by atoms with Gasteiger partial charge in [-0.15, -0.1) is 0 Å². The minimum absolute atomic E-state index is 0.0516. The van der Waals surface area contributed by atoms with Crippen molar-refractivity contribution in [3.63, 3.8) is 0 Å². The Balaban J connectivity index is 2.56. The molecule has 2 rings (SSSR count). The van der Waals surface area contributed by atoms with Crippen LogP contribution in [0.2, 0.25) is 0 Å². The highest BCUT2D eigenvalue weighted by atomic mass is 16.5. The molecule has 0 aliphatic rings. The highest BCUT2D eigenvalue weighted by molar-refractivity contribution is 5.76. The molecule has 0 saturated carbocycles. The Bertz CT molecular complexity index is 907. The molecule has 0 bridgehead atoms. The molecule has 0 spiro atoms. The van der Waals surface area contributed by atoms with Crippen molar-refractivity contribution in [2.24, 2.45) is 0 Å². The number of phenolic OH excluding ortho intramolecular Hbond substituents is 2. The zero-order chi connectivity index (χ0) is 21.2. The van der Waals surface area contributed by atoms with Gasteiger partial charge in [-0.05, 0) is 35.4 Å². The van der Waals surface area contributed by atoms with Crippen molar-refractivity contribution in [3.05, 3.63) is 52.6 Å². The second kappa shape index (κ2) is 8.15. The van der Waals surface area contributed by atoms with Crippen LogP contribution in [0.15, 0.2) is 30.3 Å². The molecule has 0 aromatic heterocycles. The Morgan fingerprint density at radius 3 is 1.96 bits per heavy atom. The normalized spacial score (nSPS) is 14.1. The Kier molecular flexibility index (Phi) is 6.12. The minimum Gasteiger partial charge on any atom is -0.508 e. The van der Waals surface area contributed by atoms with Gasteiger partial charge in [-0.1, -0.05) is 13.0 Å². The number of carboxylic acid groups (broad SMARTS) is 2. The van der Waals surface area contributed by atoms with Crippen LogP contribution in [-0.2, 0) is 9.59 Å². The number of aliphatic hydroxyl groups is 2. The van der Waals surface area contributed by atoms with Crippen molar-refractivity contribution >= 4 is 11.9 Å². The third kappa shape index (κ3) is 4.00. The molecule has 9 nitrogen and oxygen atoms in total. The van der Waals surface area contributed by atoms with Gasteiger partial charge < -0.3 is 35.4 Å². The molecule has 3 atom stereocenters. The Morgan fingerprint density at radius 1 is 0.893 bits per heavy atom. The maximum atomic E-state index is 11.1. The lowest BCUT2D eigenvalue weighted by molar-refractivity contribution is -0.147. The first-order valence-corrected chi connectivity index (χ1v) is 8.13. The van der Waals surface area contributed by atoms with Gasteiger partial charge in [-0.25, -0.2) is 9.59 Å². The van der Waals surface area contributed by atoms with E-state index in [1.54, 1.807) is 6.92 Å². The zero-order valence-electron chi connectivity index (χ0n) is 15.0. The minimum atomic E-state index is -1.98. The lowest BCUT2D eigenvalue weighted by Gasteiger charge is -2.19. The maximum absolute atomic E-state index is 11.1. The van der Waals surface area contributed by atoms with Crippen molar-refractivity contribution in [1.29, 1.82) is 0 Å². The number of ether oxygens (including phenoxy) is 1. The van der Waals surface area contributed by atoms with Gasteiger partial charge >= 0.3 is 11.9 Å². The van der Waals surface area contributed by atoms with E-state index in [2.05, 4.69) is 0 Å². The fourth-order valence-corrected chi connectivity index (χ4v) is 2.79. The standard InChI is InChI=1S/C19H20O9/c1-8(9-3-4-13(20)11(5-9)16(22)18(24)25)10-6-12(17(23)19(26)27)15(21)14(7-10)28-2/h3-8,16-17,20-23H,1-2H3,(H,24,25)(H,26,27). The smallest absolute Gasteiger partial charge is 0.337 e. The number of benzene rings is 2. The molecule has 0 fully saturated rings. The van der Waals surface area contributed by atoms with E-state index in [4.69, 9.17) is 14.9 Å². The van der Waals surface area contributed by atoms with E-state index in [9.17, 15) is 30.0 Å². The highest BCUT2D eigenvalue weighted by Crippen LogP contribution is 2.39. The number of methoxy groups -OCH3 is 1. The summed E-state index contributed by atoms with van der Waals surface area (Å²) in [6.07, 6.45) is -3.91. The van der Waals surface area contributed by atoms with Crippen LogP contribution in [0.4, 0.5) is 0 Å². The number of carbonyl (C=O) groups is 2. The van der Waals surface area contributed by atoms with E-state index in [-0.39, 0.29) is 16.9 Å². The summed E-state index contributed by atoms with van der Waals surface area (Å²) in [4.78, 5) is 22.1. The molecule has 0 heterocycles. The first kappa shape index (κ1) is 21.0. The summed E-state index contributed by atoms with van der Waals surface area (Å²) in [5.41, 5.74) is 0.481. The highest BCUT2D eigenvalue weighted by Gasteiger charge is 2.26. The summed E-state index contributed by atoms with van der Waals surface area (Å²) in [5.74, 6) is -4.53. The number of hydrogen-bond acceptors (Lipinski definition) is 7. The molecule has 0 amide bonds. The largest absolute Gasteiger partial charge is 0.508 e. The molecule has 0 radical (unpaired) electrons. The van der Waals surface area contributed by atoms with Gasteiger partial charge in [-0.3, -0.25) is 0 Å². The van der Waals surface area contributed by atoms with E-state index in [1.165, 1.54) is 37.4 Å². The van der Waals surface area contributed by atoms with E-state index in [1.807, 2.05) is 0 Å². The third-order valence-electron chi connectivity index (χ3n) is 4.46. The van der Waals surface area contributed by atoms with Crippen molar-refractivity contribution in [2.75, 3.05) is 7.11 Å². The number of carboxylic acids is 2. The second-order valence-corrected chi connectivity index (χ2v) is 6.18. The molecule has 2 aromatic carbocycles. The summed E-state index contributed by atoms with van der Waals surface area (Å²) in [5, 5.41) is 57.5. The Morgan fingerprint density at radius 2 is 1.43 bits per heavy atom. The molecule has 0 aliphatic heterocycles. The van der Waals surface area contributed by atoms with Gasteiger partial charge in [0.25, 0.3) is 0 Å². The average Bonchev–Trinajstić information content (AvgIpc) is 2.66. The molecule has 9 heteroatoms. The number of aliphatic carboxylic acids is 2. The van der Waals surface area contributed by atoms with Crippen LogP contribution in [0.25, 0.3) is 0 Å². The molecule has 2 aromatic rings. The number of phenols is 2. The van der Waals surface area contributed by atoms with Gasteiger partial charge in [-0.2, -0.15) is 0 Å². The first-order chi connectivity index (χ1) is 13.1. The second-order valence-electron chi connectivity index (χ2n) is 6.18. The van der Waals surface area contributed by atoms with Crippen LogP contribution in [0.3, 0.4) is 0 Å². The monoisotopic (exact) mass is 392 g/mol. The number of hydrogen-bond donors (Lipinski definition) is 6. The van der Waals surface area contributed by atoms with Crippen molar-refractivity contribution in [2.45, 2.75) is 25.0 Å². The van der Waals surface area contributed by atoms with Crippen LogP contribution in [0.5, 0.6) is 17.2 Å². The summed E-state index contributed by atoms with van der Waals surface area (Å²) in [6.45, 7) is 1.70. The average molecular weight is 392 g/mol. The summed E-state index contributed by atoms with van der Waals surface area (Å²) >= 11 is 0. The summed E-state index contributed by atoms with van der Waals surface area (Å²) in [6, 6.07) is 6.79. The number of aliphatic hydroxyl groups excluding tert-OH is 2. The third-order valence-corrected chi connectivity index (χ3v) is 4.46. The zero-order valence-corrected chi connectivity index (χ0v) is 15.0. The quantitative estimate of drug-likeness (QED) is 0.409. The predicted molar refractivity (Wildman–Crippen MR) is 95.5 cm³/mol. The molecule has 0 aliphatic carbocycles. The van der Waals surface area contributed by atoms with E-state index in [0.717, 1.165) is 0 Å². The van der Waals surface area contributed by atoms with E-state index < -0.39 is 41.6 Å². The van der Waals surface area contributed by atoms with E-state index in [0.29, 0.717) is 11.1 Å². The summed E-state index contributed by atoms with van der Waals surface area (Å²) in [7, 11) is 1.27. The van der Waals surface area contributed by atoms with Gasteiger partial charge in [0.2, 0.25) is 0 Å². The van der Waals surface area contributed by atoms with Gasteiger partial charge in [0, 0.05) is 17.0 Å². The lowest BCUT2D eigenvalue weighted by atomic mass is 9.89. The van der Waals surface area contributed by atoms with Crippen LogP contribution >= 0.6 is 0 Å². The Labute approximate surface area is 159 Å². The molecule has 0 saturated heterocycles. The van der Waals surface area contributed by atoms with Crippen LogP contribution in [0.1, 0.15) is 47.3 Å². The predicted octanol–water partition coefficient (Wildman–Crippen LogP) is 1.49.